The van der Waals surface area contributed by atoms with Gasteiger partial charge in [-0.15, -0.1) is 11.6 Å². The summed E-state index contributed by atoms with van der Waals surface area (Å²) in [5, 5.41) is 0. The highest BCUT2D eigenvalue weighted by Crippen LogP contribution is 2.18. The van der Waals surface area contributed by atoms with E-state index in [2.05, 4.69) is 24.1 Å². The predicted molar refractivity (Wildman–Crippen MR) is 69.2 cm³/mol. The van der Waals surface area contributed by atoms with Crippen molar-refractivity contribution in [2.75, 3.05) is 26.6 Å². The molecule has 0 aliphatic rings. The summed E-state index contributed by atoms with van der Waals surface area (Å²) in [6, 6.07) is 8.08. The monoisotopic (exact) mass is 239 g/mol. The standard InChI is InChI=1S/C13H18ClNO/c1-15(10-6-5-9-14)11-12-7-3-4-8-13(12)16-2/h3-8H,9-11H2,1-2H3. The number of likely N-dealkylation sites (N-methyl/N-ethyl adjacent to an activating group) is 1. The van der Waals surface area contributed by atoms with Crippen molar-refractivity contribution >= 4 is 11.6 Å². The van der Waals surface area contributed by atoms with E-state index in [9.17, 15) is 0 Å². The van der Waals surface area contributed by atoms with Crippen molar-refractivity contribution in [3.63, 3.8) is 0 Å². The normalized spacial score (nSPS) is 11.2. The van der Waals surface area contributed by atoms with E-state index >= 15 is 0 Å². The lowest BCUT2D eigenvalue weighted by Crippen LogP contribution is -2.18. The number of halogens is 1. The van der Waals surface area contributed by atoms with Crippen LogP contribution in [0.2, 0.25) is 0 Å². The van der Waals surface area contributed by atoms with Crippen molar-refractivity contribution < 1.29 is 4.74 Å². The molecule has 0 atom stereocenters. The predicted octanol–water partition coefficient (Wildman–Crippen LogP) is 2.92. The molecule has 0 saturated carbocycles. The van der Waals surface area contributed by atoms with Gasteiger partial charge in [0.2, 0.25) is 0 Å². The molecule has 3 heteroatoms. The Bertz CT molecular complexity index is 338. The molecule has 88 valence electrons. The fourth-order valence-corrected chi connectivity index (χ4v) is 1.63. The zero-order valence-electron chi connectivity index (χ0n) is 9.82. The summed E-state index contributed by atoms with van der Waals surface area (Å²) in [6.07, 6.45) is 4.03. The van der Waals surface area contributed by atoms with Gasteiger partial charge in [-0.2, -0.15) is 0 Å². The molecular weight excluding hydrogens is 222 g/mol. The van der Waals surface area contributed by atoms with Crippen molar-refractivity contribution in [1.82, 2.24) is 4.90 Å². The molecule has 0 fully saturated rings. The van der Waals surface area contributed by atoms with E-state index in [1.807, 2.05) is 24.3 Å². The Kier molecular flexibility index (Phi) is 5.98. The average Bonchev–Trinajstić information content (AvgIpc) is 2.30. The van der Waals surface area contributed by atoms with Crippen LogP contribution >= 0.6 is 11.6 Å². The molecule has 0 aromatic heterocycles. The van der Waals surface area contributed by atoms with Gasteiger partial charge in [0.05, 0.1) is 7.11 Å². The van der Waals surface area contributed by atoms with Crippen LogP contribution in [0.4, 0.5) is 0 Å². The highest BCUT2D eigenvalue weighted by Gasteiger charge is 2.03. The molecule has 0 amide bonds. The van der Waals surface area contributed by atoms with Gasteiger partial charge in [0.1, 0.15) is 5.75 Å². The van der Waals surface area contributed by atoms with Crippen molar-refractivity contribution in [1.29, 1.82) is 0 Å². The van der Waals surface area contributed by atoms with Gasteiger partial charge >= 0.3 is 0 Å². The first kappa shape index (κ1) is 13.1. The largest absolute Gasteiger partial charge is 0.496 e. The zero-order chi connectivity index (χ0) is 11.8. The number of hydrogen-bond donors (Lipinski definition) is 0. The van der Waals surface area contributed by atoms with Crippen molar-refractivity contribution in [2.24, 2.45) is 0 Å². The first-order chi connectivity index (χ1) is 7.77. The number of hydrogen-bond acceptors (Lipinski definition) is 2. The van der Waals surface area contributed by atoms with Crippen LogP contribution in [0.15, 0.2) is 36.4 Å². The Morgan fingerprint density at radius 2 is 2.06 bits per heavy atom. The third-order valence-electron chi connectivity index (χ3n) is 2.31. The van der Waals surface area contributed by atoms with Crippen molar-refractivity contribution in [3.05, 3.63) is 42.0 Å². The second-order valence-electron chi connectivity index (χ2n) is 3.63. The fourth-order valence-electron chi connectivity index (χ4n) is 1.51. The number of nitrogens with zero attached hydrogens (tertiary/aromatic N) is 1. The van der Waals surface area contributed by atoms with Crippen LogP contribution < -0.4 is 4.74 Å². The summed E-state index contributed by atoms with van der Waals surface area (Å²) in [4.78, 5) is 2.21. The third kappa shape index (κ3) is 4.25. The maximum Gasteiger partial charge on any atom is 0.123 e. The van der Waals surface area contributed by atoms with Crippen LogP contribution in [0.1, 0.15) is 5.56 Å². The Morgan fingerprint density at radius 1 is 1.31 bits per heavy atom. The number of benzene rings is 1. The van der Waals surface area contributed by atoms with Crippen LogP contribution in [0, 0.1) is 0 Å². The second-order valence-corrected chi connectivity index (χ2v) is 3.94. The summed E-state index contributed by atoms with van der Waals surface area (Å²) in [5.74, 6) is 1.51. The van der Waals surface area contributed by atoms with Gasteiger partial charge in [0, 0.05) is 24.5 Å². The summed E-state index contributed by atoms with van der Waals surface area (Å²) in [5.41, 5.74) is 1.20. The van der Waals surface area contributed by atoms with Gasteiger partial charge in [-0.3, -0.25) is 4.90 Å². The van der Waals surface area contributed by atoms with Crippen LogP contribution in [-0.2, 0) is 6.54 Å². The van der Waals surface area contributed by atoms with E-state index < -0.39 is 0 Å². The topological polar surface area (TPSA) is 12.5 Å². The van der Waals surface area contributed by atoms with E-state index in [1.54, 1.807) is 7.11 Å². The molecule has 0 saturated heterocycles. The van der Waals surface area contributed by atoms with Gasteiger partial charge < -0.3 is 4.74 Å². The molecule has 0 aliphatic carbocycles. The highest BCUT2D eigenvalue weighted by molar-refractivity contribution is 6.18. The molecule has 0 radical (unpaired) electrons. The van der Waals surface area contributed by atoms with Gasteiger partial charge in [0.15, 0.2) is 0 Å². The molecular formula is C13H18ClNO. The van der Waals surface area contributed by atoms with Crippen LogP contribution in [0.5, 0.6) is 5.75 Å². The number of rotatable bonds is 6. The lowest BCUT2D eigenvalue weighted by molar-refractivity contribution is 0.347. The number of allylic oxidation sites excluding steroid dienone is 1. The minimum atomic E-state index is 0.572. The molecule has 16 heavy (non-hydrogen) atoms. The molecule has 0 heterocycles. The molecule has 0 unspecified atom stereocenters. The van der Waals surface area contributed by atoms with E-state index in [0.29, 0.717) is 5.88 Å². The minimum absolute atomic E-state index is 0.572. The lowest BCUT2D eigenvalue weighted by atomic mass is 10.2. The molecule has 1 aromatic carbocycles. The second kappa shape index (κ2) is 7.31. The Balaban J connectivity index is 2.55. The maximum absolute atomic E-state index is 5.57. The Hall–Kier alpha value is -0.990. The molecule has 0 N–H and O–H groups in total. The quantitative estimate of drug-likeness (QED) is 0.559. The summed E-state index contributed by atoms with van der Waals surface area (Å²) in [7, 11) is 3.78. The first-order valence-electron chi connectivity index (χ1n) is 5.29. The van der Waals surface area contributed by atoms with E-state index in [4.69, 9.17) is 16.3 Å². The molecule has 0 bridgehead atoms. The highest BCUT2D eigenvalue weighted by atomic mass is 35.5. The smallest absolute Gasteiger partial charge is 0.123 e. The SMILES string of the molecule is COc1ccccc1CN(C)CC=CCCl. The molecule has 2 nitrogen and oxygen atoms in total. The van der Waals surface area contributed by atoms with Gasteiger partial charge in [-0.25, -0.2) is 0 Å². The van der Waals surface area contributed by atoms with Gasteiger partial charge in [-0.05, 0) is 13.1 Å². The summed E-state index contributed by atoms with van der Waals surface area (Å²) >= 11 is 5.57. The number of para-hydroxylation sites is 1. The number of alkyl halides is 1. The Labute approximate surface area is 102 Å². The first-order valence-corrected chi connectivity index (χ1v) is 5.82. The number of methoxy groups -OCH3 is 1. The van der Waals surface area contributed by atoms with Crippen molar-refractivity contribution in [2.45, 2.75) is 6.54 Å². The molecule has 0 spiro atoms. The average molecular weight is 240 g/mol. The molecule has 0 aliphatic heterocycles. The van der Waals surface area contributed by atoms with Gasteiger partial charge in [-0.1, -0.05) is 30.4 Å². The van der Waals surface area contributed by atoms with E-state index in [-0.39, 0.29) is 0 Å². The van der Waals surface area contributed by atoms with Crippen LogP contribution in [0.3, 0.4) is 0 Å². The van der Waals surface area contributed by atoms with Crippen LogP contribution in [-0.4, -0.2) is 31.5 Å². The van der Waals surface area contributed by atoms with E-state index in [0.717, 1.165) is 18.8 Å². The van der Waals surface area contributed by atoms with Crippen LogP contribution in [0.25, 0.3) is 0 Å². The number of ether oxygens (including phenoxy) is 1. The molecule has 1 aromatic rings. The van der Waals surface area contributed by atoms with E-state index in [1.165, 1.54) is 5.56 Å². The molecule has 1 rings (SSSR count). The van der Waals surface area contributed by atoms with Crippen molar-refractivity contribution in [3.8, 4) is 5.75 Å². The minimum Gasteiger partial charge on any atom is -0.496 e. The maximum atomic E-state index is 5.57. The summed E-state index contributed by atoms with van der Waals surface area (Å²) in [6.45, 7) is 1.77. The summed E-state index contributed by atoms with van der Waals surface area (Å²) < 4.78 is 5.31. The Morgan fingerprint density at radius 3 is 2.75 bits per heavy atom. The lowest BCUT2D eigenvalue weighted by Gasteiger charge is -2.16. The fraction of sp³-hybridized carbons (Fsp3) is 0.385. The zero-order valence-corrected chi connectivity index (χ0v) is 10.6. The third-order valence-corrected chi connectivity index (χ3v) is 2.48. The van der Waals surface area contributed by atoms with Gasteiger partial charge in [0.25, 0.3) is 0 Å².